The van der Waals surface area contributed by atoms with Gasteiger partial charge in [0.25, 0.3) is 0 Å². The fourth-order valence-corrected chi connectivity index (χ4v) is 2.65. The van der Waals surface area contributed by atoms with Crippen LogP contribution in [0, 0.1) is 0 Å². The van der Waals surface area contributed by atoms with E-state index in [1.54, 1.807) is 12.1 Å². The van der Waals surface area contributed by atoms with E-state index in [9.17, 15) is 9.90 Å². The fourth-order valence-electron chi connectivity index (χ4n) is 2.65. The molecule has 2 N–H and O–H groups in total. The third kappa shape index (κ3) is 3.19. The first-order valence-corrected chi connectivity index (χ1v) is 7.32. The van der Waals surface area contributed by atoms with Gasteiger partial charge in [-0.2, -0.15) is 0 Å². The Labute approximate surface area is 120 Å². The molecule has 1 atom stereocenters. The number of hydrogen-bond acceptors (Lipinski definition) is 4. The van der Waals surface area contributed by atoms with E-state index in [4.69, 9.17) is 0 Å². The number of benzene rings is 1. The van der Waals surface area contributed by atoms with E-state index in [0.717, 1.165) is 31.7 Å². The summed E-state index contributed by atoms with van der Waals surface area (Å²) < 4.78 is 0. The van der Waals surface area contributed by atoms with Gasteiger partial charge in [-0.05, 0) is 36.6 Å². The van der Waals surface area contributed by atoms with Gasteiger partial charge in [0.2, 0.25) is 0 Å². The summed E-state index contributed by atoms with van der Waals surface area (Å²) in [4.78, 5) is 14.8. The average Bonchev–Trinajstić information content (AvgIpc) is 2.47. The highest BCUT2D eigenvalue weighted by molar-refractivity contribution is 6.00. The van der Waals surface area contributed by atoms with E-state index in [1.165, 1.54) is 0 Å². The molecule has 4 nitrogen and oxygen atoms in total. The number of carbonyl (C=O) groups excluding carboxylic acids is 1. The molecule has 1 heterocycles. The molecule has 1 aliphatic heterocycles. The van der Waals surface area contributed by atoms with E-state index in [0.29, 0.717) is 5.56 Å². The van der Waals surface area contributed by atoms with Crippen molar-refractivity contribution in [2.75, 3.05) is 26.2 Å². The molecule has 20 heavy (non-hydrogen) atoms. The SMILES string of the molecule is CC(C)c1cc(C(=O)C(C)N2CCNCC2)ccc1O. The number of Topliss-reactive ketones (excluding diaryl/α,β-unsaturated/α-hetero) is 1. The molecule has 0 aromatic heterocycles. The molecule has 1 aromatic carbocycles. The Morgan fingerprint density at radius 3 is 2.50 bits per heavy atom. The van der Waals surface area contributed by atoms with Crippen LogP contribution in [-0.2, 0) is 0 Å². The van der Waals surface area contributed by atoms with Gasteiger partial charge < -0.3 is 10.4 Å². The number of ketones is 1. The largest absolute Gasteiger partial charge is 0.508 e. The van der Waals surface area contributed by atoms with E-state index in [1.807, 2.05) is 26.8 Å². The van der Waals surface area contributed by atoms with Gasteiger partial charge in [0, 0.05) is 31.7 Å². The van der Waals surface area contributed by atoms with Crippen LogP contribution in [-0.4, -0.2) is 48.0 Å². The molecule has 2 rings (SSSR count). The Kier molecular flexibility index (Phi) is 4.78. The highest BCUT2D eigenvalue weighted by Crippen LogP contribution is 2.27. The number of rotatable bonds is 4. The van der Waals surface area contributed by atoms with Crippen molar-refractivity contribution < 1.29 is 9.90 Å². The summed E-state index contributed by atoms with van der Waals surface area (Å²) in [6, 6.07) is 5.08. The summed E-state index contributed by atoms with van der Waals surface area (Å²) >= 11 is 0. The quantitative estimate of drug-likeness (QED) is 0.826. The second kappa shape index (κ2) is 6.37. The van der Waals surface area contributed by atoms with E-state index in [2.05, 4.69) is 10.2 Å². The molecule has 0 saturated carbocycles. The number of carbonyl (C=O) groups is 1. The first-order chi connectivity index (χ1) is 9.50. The molecule has 0 spiro atoms. The summed E-state index contributed by atoms with van der Waals surface area (Å²) in [5, 5.41) is 13.1. The lowest BCUT2D eigenvalue weighted by Crippen LogP contribution is -2.50. The molecule has 1 fully saturated rings. The standard InChI is InChI=1S/C16H24N2O2/c1-11(2)14-10-13(4-5-15(14)19)16(20)12(3)18-8-6-17-7-9-18/h4-5,10-12,17,19H,6-9H2,1-3H3. The molecule has 1 aromatic rings. The van der Waals surface area contributed by atoms with Crippen LogP contribution in [0.25, 0.3) is 0 Å². The van der Waals surface area contributed by atoms with Crippen LogP contribution in [0.2, 0.25) is 0 Å². The van der Waals surface area contributed by atoms with Crippen molar-refractivity contribution in [1.29, 1.82) is 0 Å². The lowest BCUT2D eigenvalue weighted by Gasteiger charge is -2.32. The average molecular weight is 276 g/mol. The highest BCUT2D eigenvalue weighted by Gasteiger charge is 2.24. The van der Waals surface area contributed by atoms with Crippen molar-refractivity contribution in [1.82, 2.24) is 10.2 Å². The van der Waals surface area contributed by atoms with Gasteiger partial charge in [0.15, 0.2) is 5.78 Å². The van der Waals surface area contributed by atoms with Gasteiger partial charge in [-0.15, -0.1) is 0 Å². The predicted octanol–water partition coefficient (Wildman–Crippen LogP) is 1.99. The zero-order valence-corrected chi connectivity index (χ0v) is 12.5. The van der Waals surface area contributed by atoms with Crippen LogP contribution in [0.4, 0.5) is 0 Å². The maximum absolute atomic E-state index is 12.6. The fraction of sp³-hybridized carbons (Fsp3) is 0.562. The van der Waals surface area contributed by atoms with Gasteiger partial charge >= 0.3 is 0 Å². The lowest BCUT2D eigenvalue weighted by atomic mass is 9.96. The monoisotopic (exact) mass is 276 g/mol. The Morgan fingerprint density at radius 2 is 1.90 bits per heavy atom. The molecule has 0 aliphatic carbocycles. The van der Waals surface area contributed by atoms with Crippen LogP contribution in [0.1, 0.15) is 42.6 Å². The lowest BCUT2D eigenvalue weighted by molar-refractivity contribution is 0.0820. The van der Waals surface area contributed by atoms with E-state index in [-0.39, 0.29) is 23.5 Å². The van der Waals surface area contributed by atoms with E-state index >= 15 is 0 Å². The Hall–Kier alpha value is -1.39. The third-order valence-electron chi connectivity index (χ3n) is 4.01. The summed E-state index contributed by atoms with van der Waals surface area (Å²) in [6.07, 6.45) is 0. The Balaban J connectivity index is 2.17. The highest BCUT2D eigenvalue weighted by atomic mass is 16.3. The normalized spacial score (nSPS) is 18.2. The molecule has 0 radical (unpaired) electrons. The maximum Gasteiger partial charge on any atom is 0.179 e. The van der Waals surface area contributed by atoms with Crippen LogP contribution in [0.3, 0.4) is 0 Å². The Bertz CT molecular complexity index is 479. The minimum Gasteiger partial charge on any atom is -0.508 e. The van der Waals surface area contributed by atoms with Crippen molar-refractivity contribution in [2.24, 2.45) is 0 Å². The summed E-state index contributed by atoms with van der Waals surface area (Å²) in [6.45, 7) is 9.68. The number of phenols is 1. The van der Waals surface area contributed by atoms with Crippen molar-refractivity contribution in [3.63, 3.8) is 0 Å². The van der Waals surface area contributed by atoms with Gasteiger partial charge in [-0.1, -0.05) is 13.8 Å². The first-order valence-electron chi connectivity index (χ1n) is 7.32. The zero-order chi connectivity index (χ0) is 14.7. The third-order valence-corrected chi connectivity index (χ3v) is 4.01. The minimum atomic E-state index is -0.110. The molecule has 1 aliphatic rings. The molecule has 4 heteroatoms. The van der Waals surface area contributed by atoms with Crippen LogP contribution in [0.5, 0.6) is 5.75 Å². The second-order valence-corrected chi connectivity index (χ2v) is 5.75. The number of nitrogens with zero attached hydrogens (tertiary/aromatic N) is 1. The van der Waals surface area contributed by atoms with Gasteiger partial charge in [0.1, 0.15) is 5.75 Å². The van der Waals surface area contributed by atoms with Crippen molar-refractivity contribution in [3.8, 4) is 5.75 Å². The summed E-state index contributed by atoms with van der Waals surface area (Å²) in [5.41, 5.74) is 1.53. The van der Waals surface area contributed by atoms with E-state index < -0.39 is 0 Å². The topological polar surface area (TPSA) is 52.6 Å². The number of nitrogens with one attached hydrogen (secondary N) is 1. The van der Waals surface area contributed by atoms with Gasteiger partial charge in [0.05, 0.1) is 6.04 Å². The predicted molar refractivity (Wildman–Crippen MR) is 80.4 cm³/mol. The van der Waals surface area contributed by atoms with Crippen molar-refractivity contribution in [3.05, 3.63) is 29.3 Å². The van der Waals surface area contributed by atoms with Crippen molar-refractivity contribution >= 4 is 5.78 Å². The minimum absolute atomic E-state index is 0.110. The van der Waals surface area contributed by atoms with Gasteiger partial charge in [-0.25, -0.2) is 0 Å². The molecular weight excluding hydrogens is 252 g/mol. The smallest absolute Gasteiger partial charge is 0.179 e. The summed E-state index contributed by atoms with van der Waals surface area (Å²) in [7, 11) is 0. The molecule has 1 saturated heterocycles. The summed E-state index contributed by atoms with van der Waals surface area (Å²) in [5.74, 6) is 0.609. The van der Waals surface area contributed by atoms with Gasteiger partial charge in [-0.3, -0.25) is 9.69 Å². The number of phenolic OH excluding ortho intramolecular Hbond substituents is 1. The second-order valence-electron chi connectivity index (χ2n) is 5.75. The van der Waals surface area contributed by atoms with Crippen LogP contribution >= 0.6 is 0 Å². The van der Waals surface area contributed by atoms with Crippen LogP contribution < -0.4 is 5.32 Å². The molecule has 110 valence electrons. The molecule has 1 unspecified atom stereocenters. The number of aromatic hydroxyl groups is 1. The number of hydrogen-bond donors (Lipinski definition) is 2. The number of piperazine rings is 1. The molecule has 0 bridgehead atoms. The first kappa shape index (κ1) is 15.0. The van der Waals surface area contributed by atoms with Crippen molar-refractivity contribution in [2.45, 2.75) is 32.7 Å². The van der Waals surface area contributed by atoms with Crippen LogP contribution in [0.15, 0.2) is 18.2 Å². The zero-order valence-electron chi connectivity index (χ0n) is 12.5. The molecule has 0 amide bonds. The molecular formula is C16H24N2O2. The Morgan fingerprint density at radius 1 is 1.25 bits per heavy atom. The maximum atomic E-state index is 12.6.